The monoisotopic (exact) mass is 212 g/mol. The van der Waals surface area contributed by atoms with Crippen LogP contribution in [0, 0.1) is 0 Å². The highest BCUT2D eigenvalue weighted by atomic mass is 32.2. The first-order chi connectivity index (χ1) is 6.74. The summed E-state index contributed by atoms with van der Waals surface area (Å²) in [6.07, 6.45) is 2.03. The molecule has 3 N–H and O–H groups in total. The number of nitrogens with two attached hydrogens (primary N) is 1. The Bertz CT molecular complexity index is 301. The van der Waals surface area contributed by atoms with Crippen LogP contribution in [0.15, 0.2) is 12.1 Å². The molecule has 14 heavy (non-hydrogen) atoms. The van der Waals surface area contributed by atoms with E-state index in [1.165, 1.54) is 0 Å². The minimum atomic E-state index is -0.562. The van der Waals surface area contributed by atoms with Crippen LogP contribution in [0.25, 0.3) is 0 Å². The molecule has 0 aliphatic carbocycles. The summed E-state index contributed by atoms with van der Waals surface area (Å²) in [5, 5.41) is 10.5. The van der Waals surface area contributed by atoms with E-state index in [-0.39, 0.29) is 5.69 Å². The van der Waals surface area contributed by atoms with Crippen LogP contribution in [-0.4, -0.2) is 34.7 Å². The topological polar surface area (TPSA) is 80.9 Å². The van der Waals surface area contributed by atoms with Crippen molar-refractivity contribution in [2.45, 2.75) is 0 Å². The van der Waals surface area contributed by atoms with Gasteiger partial charge in [-0.1, -0.05) is 0 Å². The summed E-state index contributed by atoms with van der Waals surface area (Å²) in [6.45, 7) is 0.825. The van der Waals surface area contributed by atoms with Gasteiger partial charge >= 0.3 is 0 Å². The molecule has 0 aliphatic heterocycles. The van der Waals surface area contributed by atoms with Crippen molar-refractivity contribution in [3.8, 4) is 0 Å². The quantitative estimate of drug-likeness (QED) is 0.688. The molecule has 76 valence electrons. The minimum Gasteiger partial charge on any atom is -0.368 e. The number of primary amides is 1. The Kier molecular flexibility index (Phi) is 4.18. The summed E-state index contributed by atoms with van der Waals surface area (Å²) in [4.78, 5) is 10.7. The summed E-state index contributed by atoms with van der Waals surface area (Å²) in [6, 6.07) is 3.24. The lowest BCUT2D eigenvalue weighted by Crippen LogP contribution is -2.14. The zero-order valence-electron chi connectivity index (χ0n) is 7.86. The van der Waals surface area contributed by atoms with Gasteiger partial charge in [0.2, 0.25) is 0 Å². The van der Waals surface area contributed by atoms with Crippen LogP contribution in [0.2, 0.25) is 0 Å². The molecule has 1 aromatic rings. The molecule has 0 saturated carbocycles. The highest BCUT2D eigenvalue weighted by Crippen LogP contribution is 2.01. The van der Waals surface area contributed by atoms with Gasteiger partial charge in [-0.25, -0.2) is 0 Å². The number of carbonyl (C=O) groups excluding carboxylic acids is 1. The molecule has 6 heteroatoms. The fraction of sp³-hybridized carbons (Fsp3) is 0.375. The van der Waals surface area contributed by atoms with Crippen LogP contribution in [-0.2, 0) is 0 Å². The zero-order valence-corrected chi connectivity index (χ0v) is 8.67. The van der Waals surface area contributed by atoms with Crippen molar-refractivity contribution in [2.75, 3.05) is 23.9 Å². The normalized spacial score (nSPS) is 9.79. The van der Waals surface area contributed by atoms with Crippen molar-refractivity contribution in [2.24, 2.45) is 5.73 Å². The average molecular weight is 212 g/mol. The summed E-state index contributed by atoms with van der Waals surface area (Å²) < 4.78 is 0. The Labute approximate surface area is 86.5 Å². The number of hydrogen-bond acceptors (Lipinski definition) is 5. The SMILES string of the molecule is CSCCNc1ccc(C(N)=O)nn1. The summed E-state index contributed by atoms with van der Waals surface area (Å²) >= 11 is 1.74. The summed E-state index contributed by atoms with van der Waals surface area (Å²) in [5.74, 6) is 1.09. The molecule has 0 atom stereocenters. The van der Waals surface area contributed by atoms with E-state index in [9.17, 15) is 4.79 Å². The van der Waals surface area contributed by atoms with Gasteiger partial charge in [-0.3, -0.25) is 4.79 Å². The molecule has 1 amide bonds. The van der Waals surface area contributed by atoms with Gasteiger partial charge in [-0.15, -0.1) is 10.2 Å². The molecule has 0 aromatic carbocycles. The first kappa shape index (κ1) is 10.8. The average Bonchev–Trinajstić information content (AvgIpc) is 2.19. The van der Waals surface area contributed by atoms with Gasteiger partial charge in [0.1, 0.15) is 5.82 Å². The molecule has 1 heterocycles. The molecule has 0 bridgehead atoms. The van der Waals surface area contributed by atoms with Crippen molar-refractivity contribution in [1.82, 2.24) is 10.2 Å². The molecule has 0 aliphatic rings. The van der Waals surface area contributed by atoms with Crippen molar-refractivity contribution in [3.63, 3.8) is 0 Å². The molecule has 5 nitrogen and oxygen atoms in total. The van der Waals surface area contributed by atoms with E-state index in [4.69, 9.17) is 5.73 Å². The largest absolute Gasteiger partial charge is 0.368 e. The third kappa shape index (κ3) is 3.21. The minimum absolute atomic E-state index is 0.181. The molecule has 0 unspecified atom stereocenters. The lowest BCUT2D eigenvalue weighted by Gasteiger charge is -2.02. The number of carbonyl (C=O) groups is 1. The van der Waals surface area contributed by atoms with Gasteiger partial charge < -0.3 is 11.1 Å². The van der Waals surface area contributed by atoms with Gasteiger partial charge in [0.05, 0.1) is 0 Å². The van der Waals surface area contributed by atoms with Gasteiger partial charge in [0.25, 0.3) is 5.91 Å². The smallest absolute Gasteiger partial charge is 0.269 e. The summed E-state index contributed by atoms with van der Waals surface area (Å²) in [7, 11) is 0. The van der Waals surface area contributed by atoms with E-state index in [1.807, 2.05) is 6.26 Å². The predicted octanol–water partition coefficient (Wildman–Crippen LogP) is 0.350. The first-order valence-corrected chi connectivity index (χ1v) is 5.50. The molecule has 0 fully saturated rings. The van der Waals surface area contributed by atoms with Gasteiger partial charge in [0, 0.05) is 12.3 Å². The number of rotatable bonds is 5. The highest BCUT2D eigenvalue weighted by Gasteiger charge is 2.01. The van der Waals surface area contributed by atoms with Gasteiger partial charge in [0.15, 0.2) is 5.69 Å². The van der Waals surface area contributed by atoms with E-state index in [0.717, 1.165) is 12.3 Å². The Morgan fingerprint density at radius 2 is 2.36 bits per heavy atom. The molecular weight excluding hydrogens is 200 g/mol. The Morgan fingerprint density at radius 1 is 1.57 bits per heavy atom. The molecule has 0 radical (unpaired) electrons. The number of nitrogens with one attached hydrogen (secondary N) is 1. The molecular formula is C8H12N4OS. The van der Waals surface area contributed by atoms with Gasteiger partial charge in [-0.2, -0.15) is 11.8 Å². The van der Waals surface area contributed by atoms with E-state index in [2.05, 4.69) is 15.5 Å². The third-order valence-corrected chi connectivity index (χ3v) is 2.14. The molecule has 0 spiro atoms. The van der Waals surface area contributed by atoms with Crippen molar-refractivity contribution in [3.05, 3.63) is 17.8 Å². The summed E-state index contributed by atoms with van der Waals surface area (Å²) in [5.41, 5.74) is 5.20. The van der Waals surface area contributed by atoms with E-state index >= 15 is 0 Å². The second kappa shape index (κ2) is 5.43. The number of aromatic nitrogens is 2. The van der Waals surface area contributed by atoms with Crippen molar-refractivity contribution in [1.29, 1.82) is 0 Å². The Morgan fingerprint density at radius 3 is 2.86 bits per heavy atom. The zero-order chi connectivity index (χ0) is 10.4. The second-order valence-corrected chi connectivity index (χ2v) is 3.57. The number of amides is 1. The first-order valence-electron chi connectivity index (χ1n) is 4.10. The Balaban J connectivity index is 2.51. The van der Waals surface area contributed by atoms with Crippen LogP contribution in [0.5, 0.6) is 0 Å². The maximum Gasteiger partial charge on any atom is 0.269 e. The van der Waals surface area contributed by atoms with Crippen LogP contribution in [0.1, 0.15) is 10.5 Å². The maximum absolute atomic E-state index is 10.7. The number of anilines is 1. The number of thioether (sulfide) groups is 1. The van der Waals surface area contributed by atoms with Crippen molar-refractivity contribution >= 4 is 23.5 Å². The van der Waals surface area contributed by atoms with Crippen LogP contribution < -0.4 is 11.1 Å². The number of nitrogens with zero attached hydrogens (tertiary/aromatic N) is 2. The third-order valence-electron chi connectivity index (χ3n) is 1.53. The van der Waals surface area contributed by atoms with Crippen LogP contribution in [0.4, 0.5) is 5.82 Å². The van der Waals surface area contributed by atoms with Crippen molar-refractivity contribution < 1.29 is 4.79 Å². The fourth-order valence-corrected chi connectivity index (χ4v) is 1.15. The molecule has 1 rings (SSSR count). The fourth-order valence-electron chi connectivity index (χ4n) is 0.839. The van der Waals surface area contributed by atoms with Crippen LogP contribution in [0.3, 0.4) is 0 Å². The number of hydrogen-bond donors (Lipinski definition) is 2. The second-order valence-electron chi connectivity index (χ2n) is 2.59. The predicted molar refractivity (Wildman–Crippen MR) is 57.4 cm³/mol. The lowest BCUT2D eigenvalue weighted by molar-refractivity contribution is 0.0994. The lowest BCUT2D eigenvalue weighted by atomic mass is 10.4. The van der Waals surface area contributed by atoms with Crippen LogP contribution >= 0.6 is 11.8 Å². The van der Waals surface area contributed by atoms with E-state index in [0.29, 0.717) is 5.82 Å². The maximum atomic E-state index is 10.7. The molecule has 1 aromatic heterocycles. The van der Waals surface area contributed by atoms with E-state index in [1.54, 1.807) is 23.9 Å². The molecule has 0 saturated heterocycles. The standard InChI is InChI=1S/C8H12N4OS/c1-14-5-4-10-7-3-2-6(8(9)13)11-12-7/h2-3H,4-5H2,1H3,(H2,9,13)(H,10,12). The Hall–Kier alpha value is -1.30. The highest BCUT2D eigenvalue weighted by molar-refractivity contribution is 7.98. The van der Waals surface area contributed by atoms with E-state index < -0.39 is 5.91 Å². The van der Waals surface area contributed by atoms with Gasteiger partial charge in [-0.05, 0) is 18.4 Å².